The van der Waals surface area contributed by atoms with Gasteiger partial charge in [0.1, 0.15) is 0 Å². The van der Waals surface area contributed by atoms with Gasteiger partial charge < -0.3 is 20.5 Å². The standard InChI is InChI=1S/C11H22N2O2/c12-11-8-14-7-9(11)6-13-4-3-10-2-1-5-15-10/h9-11,13H,1-8,12H2. The van der Waals surface area contributed by atoms with Gasteiger partial charge in [0.15, 0.2) is 0 Å². The summed E-state index contributed by atoms with van der Waals surface area (Å²) < 4.78 is 10.9. The van der Waals surface area contributed by atoms with Gasteiger partial charge in [-0.1, -0.05) is 0 Å². The molecule has 2 heterocycles. The molecule has 88 valence electrons. The number of nitrogens with two attached hydrogens (primary N) is 1. The number of hydrogen-bond donors (Lipinski definition) is 2. The summed E-state index contributed by atoms with van der Waals surface area (Å²) >= 11 is 0. The van der Waals surface area contributed by atoms with Crippen molar-refractivity contribution in [1.29, 1.82) is 0 Å². The number of nitrogens with one attached hydrogen (secondary N) is 1. The van der Waals surface area contributed by atoms with Crippen LogP contribution in [0.5, 0.6) is 0 Å². The molecule has 2 rings (SSSR count). The minimum atomic E-state index is 0.222. The first kappa shape index (κ1) is 11.3. The third kappa shape index (κ3) is 3.41. The normalized spacial score (nSPS) is 36.2. The Morgan fingerprint density at radius 3 is 2.93 bits per heavy atom. The molecular formula is C11H22N2O2. The van der Waals surface area contributed by atoms with Crippen molar-refractivity contribution in [2.45, 2.75) is 31.4 Å². The zero-order chi connectivity index (χ0) is 10.5. The predicted molar refractivity (Wildman–Crippen MR) is 58.7 cm³/mol. The number of ether oxygens (including phenoxy) is 2. The van der Waals surface area contributed by atoms with Crippen LogP contribution >= 0.6 is 0 Å². The lowest BCUT2D eigenvalue weighted by Crippen LogP contribution is -2.36. The van der Waals surface area contributed by atoms with Crippen LogP contribution in [0.2, 0.25) is 0 Å². The van der Waals surface area contributed by atoms with E-state index in [-0.39, 0.29) is 6.04 Å². The predicted octanol–water partition coefficient (Wildman–Crippen LogP) is 0.119. The monoisotopic (exact) mass is 214 g/mol. The van der Waals surface area contributed by atoms with Gasteiger partial charge in [-0.05, 0) is 25.8 Å². The van der Waals surface area contributed by atoms with E-state index in [0.717, 1.165) is 39.3 Å². The molecule has 0 aromatic rings. The highest BCUT2D eigenvalue weighted by Crippen LogP contribution is 2.14. The highest BCUT2D eigenvalue weighted by Gasteiger charge is 2.24. The van der Waals surface area contributed by atoms with Gasteiger partial charge in [0, 0.05) is 25.1 Å². The van der Waals surface area contributed by atoms with E-state index in [1.54, 1.807) is 0 Å². The molecule has 0 aliphatic carbocycles. The van der Waals surface area contributed by atoms with E-state index in [2.05, 4.69) is 5.32 Å². The molecule has 4 nitrogen and oxygen atoms in total. The first-order chi connectivity index (χ1) is 7.36. The van der Waals surface area contributed by atoms with Crippen molar-refractivity contribution in [3.63, 3.8) is 0 Å². The molecular weight excluding hydrogens is 192 g/mol. The maximum Gasteiger partial charge on any atom is 0.0621 e. The van der Waals surface area contributed by atoms with Gasteiger partial charge in [-0.15, -0.1) is 0 Å². The average Bonchev–Trinajstić information content (AvgIpc) is 2.85. The fourth-order valence-corrected chi connectivity index (χ4v) is 2.25. The van der Waals surface area contributed by atoms with Crippen molar-refractivity contribution in [3.05, 3.63) is 0 Å². The Bertz CT molecular complexity index is 183. The maximum atomic E-state index is 5.89. The second-order valence-electron chi connectivity index (χ2n) is 4.59. The van der Waals surface area contributed by atoms with Gasteiger partial charge in [-0.25, -0.2) is 0 Å². The van der Waals surface area contributed by atoms with E-state index >= 15 is 0 Å². The minimum Gasteiger partial charge on any atom is -0.379 e. The fraction of sp³-hybridized carbons (Fsp3) is 1.00. The van der Waals surface area contributed by atoms with Crippen molar-refractivity contribution in [1.82, 2.24) is 5.32 Å². The zero-order valence-corrected chi connectivity index (χ0v) is 9.28. The summed E-state index contributed by atoms with van der Waals surface area (Å²) in [6, 6.07) is 0.222. The summed E-state index contributed by atoms with van der Waals surface area (Å²) in [5, 5.41) is 3.44. The minimum absolute atomic E-state index is 0.222. The summed E-state index contributed by atoms with van der Waals surface area (Å²) in [7, 11) is 0. The van der Waals surface area contributed by atoms with Crippen LogP contribution in [0, 0.1) is 5.92 Å². The molecule has 0 amide bonds. The van der Waals surface area contributed by atoms with Crippen molar-refractivity contribution < 1.29 is 9.47 Å². The van der Waals surface area contributed by atoms with Gasteiger partial charge in [0.2, 0.25) is 0 Å². The molecule has 0 spiro atoms. The SMILES string of the molecule is NC1COCC1CNCCC1CCCO1. The van der Waals surface area contributed by atoms with Crippen molar-refractivity contribution in [3.8, 4) is 0 Å². The third-order valence-corrected chi connectivity index (χ3v) is 3.32. The molecule has 2 aliphatic heterocycles. The number of rotatable bonds is 5. The van der Waals surface area contributed by atoms with Crippen molar-refractivity contribution >= 4 is 0 Å². The van der Waals surface area contributed by atoms with Crippen LogP contribution in [-0.4, -0.2) is 45.1 Å². The summed E-state index contributed by atoms with van der Waals surface area (Å²) in [5.41, 5.74) is 5.89. The Morgan fingerprint density at radius 2 is 2.27 bits per heavy atom. The lowest BCUT2D eigenvalue weighted by atomic mass is 10.1. The molecule has 15 heavy (non-hydrogen) atoms. The summed E-state index contributed by atoms with van der Waals surface area (Å²) in [4.78, 5) is 0. The third-order valence-electron chi connectivity index (χ3n) is 3.32. The topological polar surface area (TPSA) is 56.5 Å². The first-order valence-corrected chi connectivity index (χ1v) is 6.02. The second-order valence-corrected chi connectivity index (χ2v) is 4.59. The second kappa shape index (κ2) is 5.80. The summed E-state index contributed by atoms with van der Waals surface area (Å²) in [6.45, 7) is 4.50. The molecule has 2 saturated heterocycles. The average molecular weight is 214 g/mol. The maximum absolute atomic E-state index is 5.89. The van der Waals surface area contributed by atoms with Gasteiger partial charge in [-0.2, -0.15) is 0 Å². The van der Waals surface area contributed by atoms with Gasteiger partial charge >= 0.3 is 0 Å². The van der Waals surface area contributed by atoms with E-state index < -0.39 is 0 Å². The molecule has 0 radical (unpaired) electrons. The molecule has 3 N–H and O–H groups in total. The largest absolute Gasteiger partial charge is 0.379 e. The van der Waals surface area contributed by atoms with Crippen LogP contribution in [0.4, 0.5) is 0 Å². The molecule has 2 fully saturated rings. The highest BCUT2D eigenvalue weighted by molar-refractivity contribution is 4.79. The lowest BCUT2D eigenvalue weighted by molar-refractivity contribution is 0.104. The van der Waals surface area contributed by atoms with E-state index in [4.69, 9.17) is 15.2 Å². The van der Waals surface area contributed by atoms with Crippen LogP contribution in [0.3, 0.4) is 0 Å². The van der Waals surface area contributed by atoms with Crippen molar-refractivity contribution in [2.24, 2.45) is 11.7 Å². The molecule has 3 unspecified atom stereocenters. The van der Waals surface area contributed by atoms with Gasteiger partial charge in [-0.3, -0.25) is 0 Å². The van der Waals surface area contributed by atoms with Crippen LogP contribution < -0.4 is 11.1 Å². The molecule has 3 atom stereocenters. The molecule has 0 aromatic carbocycles. The Morgan fingerprint density at radius 1 is 1.33 bits per heavy atom. The Hall–Kier alpha value is -0.160. The Labute approximate surface area is 91.5 Å². The summed E-state index contributed by atoms with van der Waals surface area (Å²) in [5.74, 6) is 0.495. The molecule has 0 aromatic heterocycles. The van der Waals surface area contributed by atoms with E-state index in [1.165, 1.54) is 12.8 Å². The zero-order valence-electron chi connectivity index (χ0n) is 9.28. The van der Waals surface area contributed by atoms with Crippen LogP contribution in [0.15, 0.2) is 0 Å². The quantitative estimate of drug-likeness (QED) is 0.638. The van der Waals surface area contributed by atoms with E-state index in [9.17, 15) is 0 Å². The molecule has 0 bridgehead atoms. The van der Waals surface area contributed by atoms with E-state index in [0.29, 0.717) is 12.0 Å². The van der Waals surface area contributed by atoms with Crippen LogP contribution in [-0.2, 0) is 9.47 Å². The van der Waals surface area contributed by atoms with Crippen LogP contribution in [0.25, 0.3) is 0 Å². The molecule has 0 saturated carbocycles. The lowest BCUT2D eigenvalue weighted by Gasteiger charge is -2.15. The fourth-order valence-electron chi connectivity index (χ4n) is 2.25. The number of hydrogen-bond acceptors (Lipinski definition) is 4. The molecule has 2 aliphatic rings. The van der Waals surface area contributed by atoms with Gasteiger partial charge in [0.05, 0.1) is 19.3 Å². The Kier molecular flexibility index (Phi) is 4.38. The highest BCUT2D eigenvalue weighted by atomic mass is 16.5. The van der Waals surface area contributed by atoms with Crippen molar-refractivity contribution in [2.75, 3.05) is 32.9 Å². The first-order valence-electron chi connectivity index (χ1n) is 6.02. The summed E-state index contributed by atoms with van der Waals surface area (Å²) in [6.07, 6.45) is 4.08. The van der Waals surface area contributed by atoms with Gasteiger partial charge in [0.25, 0.3) is 0 Å². The smallest absolute Gasteiger partial charge is 0.0621 e. The van der Waals surface area contributed by atoms with E-state index in [1.807, 2.05) is 0 Å². The Balaban J connectivity index is 1.51. The molecule has 4 heteroatoms. The van der Waals surface area contributed by atoms with Crippen LogP contribution in [0.1, 0.15) is 19.3 Å².